The lowest BCUT2D eigenvalue weighted by molar-refractivity contribution is 0.0697. The molecule has 0 spiro atoms. The first-order chi connectivity index (χ1) is 13.6. The molecule has 0 bridgehead atoms. The van der Waals surface area contributed by atoms with Gasteiger partial charge in [0.25, 0.3) is 0 Å². The first-order valence-corrected chi connectivity index (χ1v) is 9.83. The summed E-state index contributed by atoms with van der Waals surface area (Å²) in [7, 11) is 0. The molecular weight excluding hydrogens is 390 g/mol. The zero-order chi connectivity index (χ0) is 19.5. The third-order valence-electron chi connectivity index (χ3n) is 5.61. The van der Waals surface area contributed by atoms with Crippen molar-refractivity contribution in [2.45, 2.75) is 19.3 Å². The Kier molecular flexibility index (Phi) is 6.77. The van der Waals surface area contributed by atoms with E-state index in [4.69, 9.17) is 5.11 Å². The summed E-state index contributed by atoms with van der Waals surface area (Å²) in [5, 5.41) is 12.4. The maximum absolute atomic E-state index is 12.9. The molecule has 1 saturated heterocycles. The van der Waals surface area contributed by atoms with Crippen molar-refractivity contribution in [3.63, 3.8) is 0 Å². The minimum Gasteiger partial charge on any atom is -0.478 e. The third-order valence-corrected chi connectivity index (χ3v) is 5.61. The molecule has 2 amide bonds. The fourth-order valence-electron chi connectivity index (χ4n) is 3.94. The van der Waals surface area contributed by atoms with Crippen molar-refractivity contribution < 1.29 is 14.7 Å². The fourth-order valence-corrected chi connectivity index (χ4v) is 3.94. The summed E-state index contributed by atoms with van der Waals surface area (Å²) in [5.41, 5.74) is 5.02. The maximum Gasteiger partial charge on any atom is 0.335 e. The number of urea groups is 1. The van der Waals surface area contributed by atoms with Gasteiger partial charge in [-0.2, -0.15) is 0 Å². The molecule has 0 atom stereocenters. The van der Waals surface area contributed by atoms with Crippen molar-refractivity contribution in [3.8, 4) is 0 Å². The van der Waals surface area contributed by atoms with Crippen LogP contribution in [0.15, 0.2) is 42.5 Å². The Hall–Kier alpha value is -2.57. The average molecular weight is 416 g/mol. The molecule has 0 radical (unpaired) electrons. The first kappa shape index (κ1) is 21.1. The van der Waals surface area contributed by atoms with E-state index in [-0.39, 0.29) is 24.0 Å². The van der Waals surface area contributed by atoms with Crippen LogP contribution in [0.1, 0.15) is 27.0 Å². The zero-order valence-corrected chi connectivity index (χ0v) is 17.1. The van der Waals surface area contributed by atoms with Gasteiger partial charge in [-0.3, -0.25) is 4.90 Å². The van der Waals surface area contributed by atoms with Gasteiger partial charge in [-0.25, -0.2) is 9.59 Å². The zero-order valence-electron chi connectivity index (χ0n) is 16.3. The Bertz CT molecular complexity index is 885. The second-order valence-electron chi connectivity index (χ2n) is 7.38. The molecule has 0 saturated carbocycles. The number of nitrogens with one attached hydrogen (secondary N) is 1. The van der Waals surface area contributed by atoms with Crippen LogP contribution in [0.3, 0.4) is 0 Å². The molecule has 2 heterocycles. The maximum atomic E-state index is 12.9. The van der Waals surface area contributed by atoms with Crippen molar-refractivity contribution in [1.82, 2.24) is 10.2 Å². The first-order valence-electron chi connectivity index (χ1n) is 9.83. The van der Waals surface area contributed by atoms with E-state index < -0.39 is 5.97 Å². The third kappa shape index (κ3) is 4.71. The lowest BCUT2D eigenvalue weighted by Crippen LogP contribution is -2.33. The number of benzene rings is 2. The van der Waals surface area contributed by atoms with E-state index in [1.165, 1.54) is 11.1 Å². The van der Waals surface area contributed by atoms with Crippen LogP contribution in [-0.2, 0) is 19.3 Å². The molecule has 2 aromatic carbocycles. The lowest BCUT2D eigenvalue weighted by Gasteiger charge is -2.20. The number of carbonyl (C=O) groups is 2. The van der Waals surface area contributed by atoms with Gasteiger partial charge in [-0.1, -0.05) is 18.2 Å². The summed E-state index contributed by atoms with van der Waals surface area (Å²) >= 11 is 0. The molecule has 29 heavy (non-hydrogen) atoms. The van der Waals surface area contributed by atoms with E-state index in [9.17, 15) is 9.59 Å². The van der Waals surface area contributed by atoms with Crippen molar-refractivity contribution in [2.24, 2.45) is 0 Å². The van der Waals surface area contributed by atoms with Crippen LogP contribution in [0.5, 0.6) is 0 Å². The van der Waals surface area contributed by atoms with Gasteiger partial charge in [0.05, 0.1) is 5.56 Å². The number of aromatic carboxylic acids is 1. The Morgan fingerprint density at radius 3 is 2.45 bits per heavy atom. The highest BCUT2D eigenvalue weighted by atomic mass is 35.5. The number of carbonyl (C=O) groups excluding carboxylic acids is 1. The molecule has 2 aliphatic rings. The molecule has 2 N–H and O–H groups in total. The number of carboxylic acid groups (broad SMARTS) is 1. The minimum atomic E-state index is -0.923. The van der Waals surface area contributed by atoms with Crippen LogP contribution in [0.25, 0.3) is 0 Å². The van der Waals surface area contributed by atoms with E-state index in [1.807, 2.05) is 21.9 Å². The smallest absolute Gasteiger partial charge is 0.335 e. The summed E-state index contributed by atoms with van der Waals surface area (Å²) in [4.78, 5) is 27.5. The highest BCUT2D eigenvalue weighted by Gasteiger charge is 2.29. The van der Waals surface area contributed by atoms with E-state index in [0.717, 1.165) is 43.6 Å². The minimum absolute atomic E-state index is 0. The lowest BCUT2D eigenvalue weighted by atomic mass is 10.0. The van der Waals surface area contributed by atoms with Crippen molar-refractivity contribution >= 4 is 30.1 Å². The summed E-state index contributed by atoms with van der Waals surface area (Å²) in [6, 6.07) is 13.3. The Balaban J connectivity index is 0.00000240. The summed E-state index contributed by atoms with van der Waals surface area (Å²) in [5.74, 6) is -0.923. The van der Waals surface area contributed by atoms with Gasteiger partial charge in [0, 0.05) is 25.3 Å². The number of nitrogens with zero attached hydrogens (tertiary/aromatic N) is 2. The Morgan fingerprint density at radius 2 is 1.72 bits per heavy atom. The average Bonchev–Trinajstić information content (AvgIpc) is 2.91. The van der Waals surface area contributed by atoms with Crippen LogP contribution in [0, 0.1) is 0 Å². The summed E-state index contributed by atoms with van der Waals surface area (Å²) < 4.78 is 0. The van der Waals surface area contributed by atoms with Crippen LogP contribution in [-0.4, -0.2) is 54.7 Å². The van der Waals surface area contributed by atoms with Crippen molar-refractivity contribution in [1.29, 1.82) is 0 Å². The Morgan fingerprint density at radius 1 is 1.00 bits per heavy atom. The van der Waals surface area contributed by atoms with Crippen molar-refractivity contribution in [3.05, 3.63) is 64.7 Å². The molecule has 4 rings (SSSR count). The number of fused-ring (bicyclic) bond motifs is 1. The molecule has 0 unspecified atom stereocenters. The van der Waals surface area contributed by atoms with Gasteiger partial charge >= 0.3 is 12.0 Å². The van der Waals surface area contributed by atoms with Gasteiger partial charge < -0.3 is 15.3 Å². The monoisotopic (exact) mass is 415 g/mol. The molecular formula is C22H26ClN3O3. The van der Waals surface area contributed by atoms with Crippen LogP contribution >= 0.6 is 12.4 Å². The van der Waals surface area contributed by atoms with E-state index in [2.05, 4.69) is 23.5 Å². The number of amides is 2. The predicted molar refractivity (Wildman–Crippen MR) is 115 cm³/mol. The molecule has 0 aliphatic carbocycles. The molecule has 2 aromatic rings. The second-order valence-corrected chi connectivity index (χ2v) is 7.38. The highest BCUT2D eigenvalue weighted by molar-refractivity contribution is 5.94. The number of hydrogen-bond donors (Lipinski definition) is 2. The summed E-state index contributed by atoms with van der Waals surface area (Å²) in [6.07, 6.45) is 2.76. The van der Waals surface area contributed by atoms with E-state index in [0.29, 0.717) is 19.6 Å². The molecule has 0 aromatic heterocycles. The molecule has 6 nitrogen and oxygen atoms in total. The number of rotatable bonds is 5. The normalized spacial score (nSPS) is 16.2. The predicted octanol–water partition coefficient (Wildman–Crippen LogP) is 2.98. The fraction of sp³-hybridized carbons (Fsp3) is 0.364. The van der Waals surface area contributed by atoms with Crippen molar-refractivity contribution in [2.75, 3.05) is 37.6 Å². The second kappa shape index (κ2) is 9.29. The van der Waals surface area contributed by atoms with Crippen LogP contribution < -0.4 is 10.2 Å². The standard InChI is InChI=1S/C22H25N3O3.ClH/c26-21(27)18-3-1-16(2-4-18)9-12-24-13-14-25(22(24)28)20-6-5-17-7-10-23-11-8-19(17)15-20;/h1-6,15,23H,7-14H2,(H,26,27);1H. The van der Waals surface area contributed by atoms with E-state index >= 15 is 0 Å². The number of halogens is 1. The Labute approximate surface area is 176 Å². The SMILES string of the molecule is Cl.O=C(O)c1ccc(CCN2CCN(c3ccc4c(c3)CCNCC4)C2=O)cc1. The highest BCUT2D eigenvalue weighted by Crippen LogP contribution is 2.25. The molecule has 7 heteroatoms. The molecule has 1 fully saturated rings. The number of hydrogen-bond acceptors (Lipinski definition) is 3. The summed E-state index contributed by atoms with van der Waals surface area (Å²) in [6.45, 7) is 4.04. The van der Waals surface area contributed by atoms with Gasteiger partial charge in [0.15, 0.2) is 0 Å². The van der Waals surface area contributed by atoms with Gasteiger partial charge in [-0.05, 0) is 73.3 Å². The largest absolute Gasteiger partial charge is 0.478 e. The topological polar surface area (TPSA) is 72.9 Å². The number of anilines is 1. The van der Waals surface area contributed by atoms with Gasteiger partial charge in [0.1, 0.15) is 0 Å². The van der Waals surface area contributed by atoms with Gasteiger partial charge in [-0.15, -0.1) is 12.4 Å². The molecule has 2 aliphatic heterocycles. The number of carboxylic acids is 1. The van der Waals surface area contributed by atoms with Crippen LogP contribution in [0.4, 0.5) is 10.5 Å². The molecule has 154 valence electrons. The van der Waals surface area contributed by atoms with Gasteiger partial charge in [0.2, 0.25) is 0 Å². The quantitative estimate of drug-likeness (QED) is 0.787. The van der Waals surface area contributed by atoms with Crippen LogP contribution in [0.2, 0.25) is 0 Å². The van der Waals surface area contributed by atoms with E-state index in [1.54, 1.807) is 12.1 Å².